The number of nitrogens with zero attached hydrogens (tertiary/aromatic N) is 4. The lowest BCUT2D eigenvalue weighted by molar-refractivity contribution is -0.137. The smallest absolute Gasteiger partial charge is 0.383 e. The number of hydrogen-bond acceptors (Lipinski definition) is 4. The molecule has 1 aromatic carbocycles. The number of fused-ring (bicyclic) bond motifs is 1. The standard InChI is InChI=1S/C14H11ClF3N5/c1-7(8-2-4-9(5-3-8)14(16,17)18)23-12-10(6-20-23)11(19)21-13(15)22-12/h2-7H,1H3,(H2,19,21,22)/t7-/m1/s1. The molecule has 3 aromatic rings. The zero-order valence-corrected chi connectivity index (χ0v) is 12.6. The molecule has 0 aliphatic heterocycles. The van der Waals surface area contributed by atoms with Crippen LogP contribution in [0, 0.1) is 0 Å². The van der Waals surface area contributed by atoms with Crippen LogP contribution in [-0.2, 0) is 6.18 Å². The summed E-state index contributed by atoms with van der Waals surface area (Å²) in [5.41, 5.74) is 6.14. The fourth-order valence-electron chi connectivity index (χ4n) is 2.30. The Morgan fingerprint density at radius 3 is 2.43 bits per heavy atom. The van der Waals surface area contributed by atoms with E-state index in [9.17, 15) is 13.2 Å². The molecule has 0 radical (unpaired) electrons. The first kappa shape index (κ1) is 15.5. The van der Waals surface area contributed by atoms with E-state index >= 15 is 0 Å². The summed E-state index contributed by atoms with van der Waals surface area (Å²) in [6, 6.07) is 4.54. The maximum absolute atomic E-state index is 12.6. The monoisotopic (exact) mass is 341 g/mol. The van der Waals surface area contributed by atoms with Gasteiger partial charge in [-0.25, -0.2) is 9.67 Å². The predicted octanol–water partition coefficient (Wildman–Crippen LogP) is 3.69. The maximum atomic E-state index is 12.6. The Bertz CT molecular complexity index is 857. The fourth-order valence-corrected chi connectivity index (χ4v) is 2.47. The van der Waals surface area contributed by atoms with Crippen LogP contribution in [-0.4, -0.2) is 19.7 Å². The maximum Gasteiger partial charge on any atom is 0.416 e. The number of halogens is 4. The fraction of sp³-hybridized carbons (Fsp3) is 0.214. The first-order valence-electron chi connectivity index (χ1n) is 6.61. The van der Waals surface area contributed by atoms with Crippen LogP contribution in [0.3, 0.4) is 0 Å². The molecule has 9 heteroatoms. The lowest BCUT2D eigenvalue weighted by atomic mass is 10.1. The minimum atomic E-state index is -4.37. The van der Waals surface area contributed by atoms with Crippen LogP contribution in [0.2, 0.25) is 5.28 Å². The molecular weight excluding hydrogens is 331 g/mol. The van der Waals surface area contributed by atoms with Gasteiger partial charge in [-0.1, -0.05) is 12.1 Å². The molecule has 0 aliphatic carbocycles. The van der Waals surface area contributed by atoms with Crippen molar-refractivity contribution in [3.8, 4) is 0 Å². The van der Waals surface area contributed by atoms with E-state index in [0.29, 0.717) is 16.6 Å². The third-order valence-corrected chi connectivity index (χ3v) is 3.71. The molecule has 0 bridgehead atoms. The van der Waals surface area contributed by atoms with E-state index in [2.05, 4.69) is 15.1 Å². The average molecular weight is 342 g/mol. The van der Waals surface area contributed by atoms with Crippen LogP contribution in [0.15, 0.2) is 30.5 Å². The molecule has 1 atom stereocenters. The molecule has 3 rings (SSSR count). The SMILES string of the molecule is C[C@H](c1ccc(C(F)(F)F)cc1)n1ncc2c(N)nc(Cl)nc21. The lowest BCUT2D eigenvalue weighted by Crippen LogP contribution is -2.11. The molecule has 5 nitrogen and oxygen atoms in total. The van der Waals surface area contributed by atoms with E-state index in [1.807, 2.05) is 0 Å². The second kappa shape index (κ2) is 5.38. The van der Waals surface area contributed by atoms with Gasteiger partial charge >= 0.3 is 6.18 Å². The Balaban J connectivity index is 2.02. The van der Waals surface area contributed by atoms with E-state index in [4.69, 9.17) is 17.3 Å². The molecule has 23 heavy (non-hydrogen) atoms. The lowest BCUT2D eigenvalue weighted by Gasteiger charge is -2.15. The van der Waals surface area contributed by atoms with E-state index in [1.165, 1.54) is 18.3 Å². The van der Waals surface area contributed by atoms with E-state index in [1.54, 1.807) is 11.6 Å². The molecule has 0 aliphatic rings. The Kier molecular flexibility index (Phi) is 3.63. The van der Waals surface area contributed by atoms with Gasteiger partial charge in [-0.15, -0.1) is 0 Å². The van der Waals surface area contributed by atoms with Crippen molar-refractivity contribution >= 4 is 28.5 Å². The third kappa shape index (κ3) is 2.81. The Morgan fingerprint density at radius 2 is 1.83 bits per heavy atom. The van der Waals surface area contributed by atoms with Gasteiger partial charge in [0, 0.05) is 0 Å². The zero-order valence-electron chi connectivity index (χ0n) is 11.8. The molecule has 0 spiro atoms. The Labute approximate surface area is 133 Å². The number of benzene rings is 1. The third-order valence-electron chi connectivity index (χ3n) is 3.54. The van der Waals surface area contributed by atoms with Crippen molar-refractivity contribution in [3.63, 3.8) is 0 Å². The van der Waals surface area contributed by atoms with E-state index < -0.39 is 11.7 Å². The van der Waals surface area contributed by atoms with Crippen molar-refractivity contribution in [2.75, 3.05) is 5.73 Å². The Morgan fingerprint density at radius 1 is 1.17 bits per heavy atom. The number of aromatic nitrogens is 4. The van der Waals surface area contributed by atoms with Gasteiger partial charge in [-0.3, -0.25) is 0 Å². The van der Waals surface area contributed by atoms with Crippen molar-refractivity contribution in [1.82, 2.24) is 19.7 Å². The van der Waals surface area contributed by atoms with Crippen LogP contribution in [0.4, 0.5) is 19.0 Å². The number of rotatable bonds is 2. The molecule has 2 aromatic heterocycles. The molecule has 0 fully saturated rings. The van der Waals surface area contributed by atoms with Gasteiger partial charge in [0.1, 0.15) is 5.82 Å². The van der Waals surface area contributed by atoms with Crippen molar-refractivity contribution in [1.29, 1.82) is 0 Å². The number of nitrogens with two attached hydrogens (primary N) is 1. The molecule has 2 heterocycles. The van der Waals surface area contributed by atoms with Gasteiger partial charge in [-0.05, 0) is 36.2 Å². The largest absolute Gasteiger partial charge is 0.416 e. The summed E-state index contributed by atoms with van der Waals surface area (Å²) in [4.78, 5) is 7.93. The predicted molar refractivity (Wildman–Crippen MR) is 80.0 cm³/mol. The summed E-state index contributed by atoms with van der Waals surface area (Å²) in [5.74, 6) is 0.200. The first-order chi connectivity index (χ1) is 10.8. The highest BCUT2D eigenvalue weighted by Crippen LogP contribution is 2.31. The summed E-state index contributed by atoms with van der Waals surface area (Å²) in [7, 11) is 0. The number of anilines is 1. The highest BCUT2D eigenvalue weighted by molar-refractivity contribution is 6.28. The van der Waals surface area contributed by atoms with Gasteiger partial charge in [0.2, 0.25) is 5.28 Å². The molecule has 120 valence electrons. The van der Waals surface area contributed by atoms with Crippen LogP contribution < -0.4 is 5.73 Å². The second-order valence-electron chi connectivity index (χ2n) is 5.00. The zero-order chi connectivity index (χ0) is 16.8. The minimum absolute atomic E-state index is 0.0173. The summed E-state index contributed by atoms with van der Waals surface area (Å²) in [5, 5.41) is 4.72. The molecule has 0 saturated carbocycles. The first-order valence-corrected chi connectivity index (χ1v) is 6.98. The quantitative estimate of drug-likeness (QED) is 0.722. The van der Waals surface area contributed by atoms with E-state index in [-0.39, 0.29) is 17.1 Å². The Hall–Kier alpha value is -2.35. The summed E-state index contributed by atoms with van der Waals surface area (Å²) in [6.45, 7) is 1.79. The molecule has 2 N–H and O–H groups in total. The topological polar surface area (TPSA) is 69.6 Å². The molecular formula is C14H11ClF3N5. The average Bonchev–Trinajstić information content (AvgIpc) is 2.89. The second-order valence-corrected chi connectivity index (χ2v) is 5.34. The number of alkyl halides is 3. The van der Waals surface area contributed by atoms with Crippen molar-refractivity contribution in [3.05, 3.63) is 46.9 Å². The van der Waals surface area contributed by atoms with Crippen LogP contribution >= 0.6 is 11.6 Å². The summed E-state index contributed by atoms with van der Waals surface area (Å²) >= 11 is 5.81. The summed E-state index contributed by atoms with van der Waals surface area (Å²) in [6.07, 6.45) is -2.86. The van der Waals surface area contributed by atoms with Crippen LogP contribution in [0.5, 0.6) is 0 Å². The molecule has 0 amide bonds. The van der Waals surface area contributed by atoms with Crippen molar-refractivity contribution in [2.24, 2.45) is 0 Å². The number of hydrogen-bond donors (Lipinski definition) is 1. The number of nitrogen functional groups attached to an aromatic ring is 1. The minimum Gasteiger partial charge on any atom is -0.383 e. The molecule has 0 unspecified atom stereocenters. The van der Waals surface area contributed by atoms with Gasteiger partial charge in [0.05, 0.1) is 23.2 Å². The van der Waals surface area contributed by atoms with Crippen LogP contribution in [0.25, 0.3) is 11.0 Å². The highest BCUT2D eigenvalue weighted by atomic mass is 35.5. The van der Waals surface area contributed by atoms with Gasteiger partial charge in [0.25, 0.3) is 0 Å². The van der Waals surface area contributed by atoms with Gasteiger partial charge in [0.15, 0.2) is 5.65 Å². The van der Waals surface area contributed by atoms with Gasteiger partial charge in [-0.2, -0.15) is 23.3 Å². The molecule has 0 saturated heterocycles. The van der Waals surface area contributed by atoms with Crippen molar-refractivity contribution in [2.45, 2.75) is 19.1 Å². The van der Waals surface area contributed by atoms with E-state index in [0.717, 1.165) is 12.1 Å². The van der Waals surface area contributed by atoms with Crippen molar-refractivity contribution < 1.29 is 13.2 Å². The van der Waals surface area contributed by atoms with Crippen LogP contribution in [0.1, 0.15) is 24.1 Å². The summed E-state index contributed by atoms with van der Waals surface area (Å²) < 4.78 is 39.4. The normalized spacial score (nSPS) is 13.4. The van der Waals surface area contributed by atoms with Gasteiger partial charge < -0.3 is 5.73 Å². The highest BCUT2D eigenvalue weighted by Gasteiger charge is 2.30.